The van der Waals surface area contributed by atoms with E-state index in [1.54, 1.807) is 24.3 Å². The summed E-state index contributed by atoms with van der Waals surface area (Å²) in [5, 5.41) is 19.1. The highest BCUT2D eigenvalue weighted by Gasteiger charge is 2.16. The summed E-state index contributed by atoms with van der Waals surface area (Å²) in [6.07, 6.45) is 0. The highest BCUT2D eigenvalue weighted by atomic mass is 16.2. The van der Waals surface area contributed by atoms with Crippen molar-refractivity contribution < 1.29 is 5.02 Å². The fourth-order valence-corrected chi connectivity index (χ4v) is 2.10. The molecule has 2 rings (SSSR count). The van der Waals surface area contributed by atoms with Crippen LogP contribution in [0.1, 0.15) is 11.1 Å². The van der Waals surface area contributed by atoms with E-state index in [-0.39, 0.29) is 0 Å². The van der Waals surface area contributed by atoms with Crippen molar-refractivity contribution in [1.29, 1.82) is 5.26 Å². The standard InChI is InChI=1S/C16H17BN2O/c1-19(2)12-14-5-9-16(10-6-14)17(20)15-7-3-13(11-18)4-8-15/h3-10,20H,12H2,1-2H3. The first kappa shape index (κ1) is 14.3. The lowest BCUT2D eigenvalue weighted by molar-refractivity contribution is 0.402. The zero-order valence-corrected chi connectivity index (χ0v) is 11.7. The molecule has 0 aliphatic carbocycles. The van der Waals surface area contributed by atoms with Crippen molar-refractivity contribution in [3.05, 3.63) is 59.7 Å². The Labute approximate surface area is 120 Å². The van der Waals surface area contributed by atoms with E-state index in [1.807, 2.05) is 38.4 Å². The molecule has 3 nitrogen and oxygen atoms in total. The Morgan fingerprint density at radius 3 is 1.95 bits per heavy atom. The molecule has 0 saturated heterocycles. The molecule has 2 aromatic rings. The van der Waals surface area contributed by atoms with Gasteiger partial charge in [-0.3, -0.25) is 0 Å². The second-order valence-corrected chi connectivity index (χ2v) is 5.12. The molecule has 0 unspecified atom stereocenters. The molecule has 0 fully saturated rings. The van der Waals surface area contributed by atoms with E-state index in [2.05, 4.69) is 11.0 Å². The maximum atomic E-state index is 10.3. The number of hydrogen-bond donors (Lipinski definition) is 1. The zero-order chi connectivity index (χ0) is 14.5. The monoisotopic (exact) mass is 264 g/mol. The lowest BCUT2D eigenvalue weighted by atomic mass is 9.56. The number of rotatable bonds is 4. The Morgan fingerprint density at radius 2 is 1.50 bits per heavy atom. The lowest BCUT2D eigenvalue weighted by Crippen LogP contribution is -2.42. The highest BCUT2D eigenvalue weighted by molar-refractivity contribution is 6.78. The van der Waals surface area contributed by atoms with Crippen molar-refractivity contribution in [2.24, 2.45) is 0 Å². The van der Waals surface area contributed by atoms with Gasteiger partial charge in [-0.15, -0.1) is 0 Å². The van der Waals surface area contributed by atoms with Crippen molar-refractivity contribution in [3.63, 3.8) is 0 Å². The largest absolute Gasteiger partial charge is 0.443 e. The van der Waals surface area contributed by atoms with Crippen LogP contribution in [0.15, 0.2) is 48.5 Å². The van der Waals surface area contributed by atoms with Gasteiger partial charge in [-0.25, -0.2) is 0 Å². The molecular formula is C16H17BN2O. The SMILES string of the molecule is CN(C)Cc1ccc(B(O)c2ccc(C#N)cc2)cc1. The molecule has 4 heteroatoms. The van der Waals surface area contributed by atoms with Gasteiger partial charge >= 0.3 is 6.92 Å². The van der Waals surface area contributed by atoms with Gasteiger partial charge in [0, 0.05) is 6.54 Å². The minimum atomic E-state index is -0.656. The number of hydrogen-bond acceptors (Lipinski definition) is 3. The summed E-state index contributed by atoms with van der Waals surface area (Å²) in [7, 11) is 4.05. The van der Waals surface area contributed by atoms with E-state index < -0.39 is 6.92 Å². The molecule has 0 aromatic heterocycles. The Balaban J connectivity index is 2.15. The van der Waals surface area contributed by atoms with Crippen molar-refractivity contribution in [2.75, 3.05) is 14.1 Å². The first-order valence-corrected chi connectivity index (χ1v) is 6.52. The predicted molar refractivity (Wildman–Crippen MR) is 82.2 cm³/mol. The van der Waals surface area contributed by atoms with E-state index in [1.165, 1.54) is 5.56 Å². The first-order chi connectivity index (χ1) is 9.60. The van der Waals surface area contributed by atoms with Gasteiger partial charge in [0.15, 0.2) is 0 Å². The van der Waals surface area contributed by atoms with Crippen LogP contribution in [0.25, 0.3) is 0 Å². The maximum absolute atomic E-state index is 10.3. The van der Waals surface area contributed by atoms with Crippen LogP contribution in [0.5, 0.6) is 0 Å². The Morgan fingerprint density at radius 1 is 1.00 bits per heavy atom. The first-order valence-electron chi connectivity index (χ1n) is 6.52. The van der Waals surface area contributed by atoms with E-state index in [0.717, 1.165) is 17.5 Å². The minimum absolute atomic E-state index is 0.599. The average Bonchev–Trinajstić information content (AvgIpc) is 2.47. The molecule has 20 heavy (non-hydrogen) atoms. The summed E-state index contributed by atoms with van der Waals surface area (Å²) >= 11 is 0. The Kier molecular flexibility index (Phi) is 4.57. The van der Waals surface area contributed by atoms with E-state index in [9.17, 15) is 5.02 Å². The third-order valence-corrected chi connectivity index (χ3v) is 3.15. The van der Waals surface area contributed by atoms with Gasteiger partial charge in [0.05, 0.1) is 11.6 Å². The van der Waals surface area contributed by atoms with Crippen LogP contribution in [0.3, 0.4) is 0 Å². The molecule has 0 aliphatic rings. The van der Waals surface area contributed by atoms with Gasteiger partial charge in [0.25, 0.3) is 0 Å². The van der Waals surface area contributed by atoms with Crippen LogP contribution in [-0.4, -0.2) is 30.9 Å². The molecule has 1 N–H and O–H groups in total. The molecular weight excluding hydrogens is 247 g/mol. The third-order valence-electron chi connectivity index (χ3n) is 3.15. The summed E-state index contributed by atoms with van der Waals surface area (Å²) in [6, 6.07) is 17.0. The van der Waals surface area contributed by atoms with Gasteiger partial charge < -0.3 is 9.92 Å². The molecule has 0 atom stereocenters. The van der Waals surface area contributed by atoms with Crippen LogP contribution in [0.2, 0.25) is 0 Å². The zero-order valence-electron chi connectivity index (χ0n) is 11.7. The van der Waals surface area contributed by atoms with Crippen LogP contribution in [-0.2, 0) is 6.54 Å². The van der Waals surface area contributed by atoms with Crippen molar-refractivity contribution in [1.82, 2.24) is 4.90 Å². The Bertz CT molecular complexity index is 600. The van der Waals surface area contributed by atoms with Crippen molar-refractivity contribution >= 4 is 17.8 Å². The third kappa shape index (κ3) is 3.48. The summed E-state index contributed by atoms with van der Waals surface area (Å²) in [6.45, 7) is 0.226. The summed E-state index contributed by atoms with van der Waals surface area (Å²) in [5.74, 6) is 0. The number of benzene rings is 2. The van der Waals surface area contributed by atoms with Crippen molar-refractivity contribution in [2.45, 2.75) is 6.54 Å². The van der Waals surface area contributed by atoms with E-state index in [4.69, 9.17) is 5.26 Å². The number of nitriles is 1. The molecule has 0 saturated carbocycles. The molecule has 0 bridgehead atoms. The van der Waals surface area contributed by atoms with Gasteiger partial charge in [-0.2, -0.15) is 5.26 Å². The predicted octanol–water partition coefficient (Wildman–Crippen LogP) is 0.718. The smallest absolute Gasteiger partial charge is 0.358 e. The lowest BCUT2D eigenvalue weighted by Gasteiger charge is -2.11. The van der Waals surface area contributed by atoms with Crippen molar-refractivity contribution in [3.8, 4) is 6.07 Å². The highest BCUT2D eigenvalue weighted by Crippen LogP contribution is 2.01. The maximum Gasteiger partial charge on any atom is 0.358 e. The summed E-state index contributed by atoms with van der Waals surface area (Å²) in [4.78, 5) is 2.10. The second kappa shape index (κ2) is 6.38. The molecule has 0 amide bonds. The quantitative estimate of drug-likeness (QED) is 0.828. The van der Waals surface area contributed by atoms with Gasteiger partial charge in [0.1, 0.15) is 0 Å². The molecule has 0 radical (unpaired) electrons. The minimum Gasteiger partial charge on any atom is -0.443 e. The molecule has 0 aliphatic heterocycles. The van der Waals surface area contributed by atoms with Crippen LogP contribution in [0, 0.1) is 11.3 Å². The molecule has 2 aromatic carbocycles. The topological polar surface area (TPSA) is 47.3 Å². The second-order valence-electron chi connectivity index (χ2n) is 5.12. The molecule has 0 spiro atoms. The fraction of sp³-hybridized carbons (Fsp3) is 0.188. The van der Waals surface area contributed by atoms with E-state index in [0.29, 0.717) is 5.56 Å². The van der Waals surface area contributed by atoms with Crippen LogP contribution < -0.4 is 10.9 Å². The van der Waals surface area contributed by atoms with Gasteiger partial charge in [0.2, 0.25) is 0 Å². The molecule has 100 valence electrons. The summed E-state index contributed by atoms with van der Waals surface area (Å²) in [5.41, 5.74) is 3.47. The van der Waals surface area contributed by atoms with Gasteiger partial charge in [-0.05, 0) is 42.7 Å². The van der Waals surface area contributed by atoms with Gasteiger partial charge in [-0.1, -0.05) is 36.4 Å². The number of nitrogens with zero attached hydrogens (tertiary/aromatic N) is 2. The fourth-order valence-electron chi connectivity index (χ4n) is 2.10. The summed E-state index contributed by atoms with van der Waals surface area (Å²) < 4.78 is 0. The van der Waals surface area contributed by atoms with Crippen LogP contribution in [0.4, 0.5) is 0 Å². The van der Waals surface area contributed by atoms with Crippen LogP contribution >= 0.6 is 0 Å². The van der Waals surface area contributed by atoms with E-state index >= 15 is 0 Å². The molecule has 0 heterocycles. The average molecular weight is 264 g/mol. The normalized spacial score (nSPS) is 10.3. The Hall–Kier alpha value is -2.09.